The van der Waals surface area contributed by atoms with Crippen LogP contribution >= 0.6 is 0 Å². The fraction of sp³-hybridized carbons (Fsp3) is 0.941. The normalized spacial score (nSPS) is 12.5. The molecule has 6 heteroatoms. The number of carbonyl (C=O) groups excluding carboxylic acids is 2. The van der Waals surface area contributed by atoms with E-state index in [9.17, 15) is 19.8 Å². The standard InChI is InChI=1S/C68H133NO5/c1-3-5-7-9-11-13-15-17-19-32-36-40-44-48-52-56-60-66(71)65(64-70)69-67(72)61-57-53-49-45-41-37-33-30-28-26-24-22-21-23-25-27-29-31-35-39-43-47-51-55-59-63-74-68(73)62-58-54-50-46-42-38-34-20-18-16-14-12-10-8-6-4-2/h56,60,65-66,70-71H,3-55,57-59,61-64H2,1-2H3,(H,69,72)/b60-56+. The summed E-state index contributed by atoms with van der Waals surface area (Å²) in [6, 6.07) is -0.626. The van der Waals surface area contributed by atoms with Crippen molar-refractivity contribution in [3.63, 3.8) is 0 Å². The molecule has 0 aliphatic carbocycles. The summed E-state index contributed by atoms with van der Waals surface area (Å²) in [6.07, 6.45) is 78.5. The van der Waals surface area contributed by atoms with E-state index in [1.54, 1.807) is 6.08 Å². The van der Waals surface area contributed by atoms with Crippen LogP contribution in [0.15, 0.2) is 12.2 Å². The highest BCUT2D eigenvalue weighted by Crippen LogP contribution is 2.19. The second-order valence-corrected chi connectivity index (χ2v) is 23.5. The topological polar surface area (TPSA) is 95.9 Å². The molecule has 0 aliphatic heterocycles. The van der Waals surface area contributed by atoms with Gasteiger partial charge in [0, 0.05) is 12.8 Å². The maximum atomic E-state index is 12.5. The van der Waals surface area contributed by atoms with Crippen LogP contribution in [0.2, 0.25) is 0 Å². The quantitative estimate of drug-likeness (QED) is 0.0320. The summed E-state index contributed by atoms with van der Waals surface area (Å²) in [5, 5.41) is 23.2. The van der Waals surface area contributed by atoms with Gasteiger partial charge in [-0.3, -0.25) is 9.59 Å². The van der Waals surface area contributed by atoms with Gasteiger partial charge >= 0.3 is 5.97 Å². The summed E-state index contributed by atoms with van der Waals surface area (Å²) >= 11 is 0. The average Bonchev–Trinajstić information content (AvgIpc) is 3.40. The van der Waals surface area contributed by atoms with E-state index in [2.05, 4.69) is 19.2 Å². The Hall–Kier alpha value is -1.40. The van der Waals surface area contributed by atoms with Gasteiger partial charge in [0.15, 0.2) is 0 Å². The highest BCUT2D eigenvalue weighted by Gasteiger charge is 2.18. The number of hydrogen-bond donors (Lipinski definition) is 3. The van der Waals surface area contributed by atoms with Gasteiger partial charge in [0.1, 0.15) is 0 Å². The van der Waals surface area contributed by atoms with E-state index in [0.29, 0.717) is 19.4 Å². The van der Waals surface area contributed by atoms with Crippen LogP contribution in [0.5, 0.6) is 0 Å². The molecule has 0 aliphatic rings. The minimum absolute atomic E-state index is 0.0203. The van der Waals surface area contributed by atoms with Gasteiger partial charge in [-0.2, -0.15) is 0 Å². The van der Waals surface area contributed by atoms with E-state index in [-0.39, 0.29) is 18.5 Å². The monoisotopic (exact) mass is 1040 g/mol. The summed E-state index contributed by atoms with van der Waals surface area (Å²) in [5.41, 5.74) is 0. The molecule has 0 heterocycles. The Kier molecular flexibility index (Phi) is 62.9. The van der Waals surface area contributed by atoms with Crippen molar-refractivity contribution >= 4 is 11.9 Å². The fourth-order valence-electron chi connectivity index (χ4n) is 10.9. The Morgan fingerprint density at radius 2 is 0.622 bits per heavy atom. The Morgan fingerprint density at radius 1 is 0.365 bits per heavy atom. The van der Waals surface area contributed by atoms with Crippen LogP contribution in [0.25, 0.3) is 0 Å². The SMILES string of the molecule is CCCCCCCCCCCCCCCC/C=C/C(O)C(CO)NC(=O)CCCCCCCCCCCCCCCCCCCCCCCCCCCOC(=O)CCCCCCCCCCCCCCCCCC. The molecule has 440 valence electrons. The molecule has 0 fully saturated rings. The van der Waals surface area contributed by atoms with Crippen molar-refractivity contribution in [2.45, 2.75) is 398 Å². The van der Waals surface area contributed by atoms with Crippen molar-refractivity contribution in [2.24, 2.45) is 0 Å². The van der Waals surface area contributed by atoms with E-state index in [0.717, 1.165) is 38.5 Å². The van der Waals surface area contributed by atoms with Gasteiger partial charge < -0.3 is 20.3 Å². The van der Waals surface area contributed by atoms with Gasteiger partial charge in [-0.05, 0) is 32.1 Å². The zero-order valence-electron chi connectivity index (χ0n) is 50.4. The zero-order chi connectivity index (χ0) is 53.6. The molecule has 0 spiro atoms. The number of esters is 1. The van der Waals surface area contributed by atoms with Crippen LogP contribution in [0.3, 0.4) is 0 Å². The summed E-state index contributed by atoms with van der Waals surface area (Å²) in [4.78, 5) is 24.6. The van der Waals surface area contributed by atoms with E-state index >= 15 is 0 Å². The number of ether oxygens (including phenoxy) is 1. The van der Waals surface area contributed by atoms with Gasteiger partial charge in [-0.25, -0.2) is 0 Å². The minimum Gasteiger partial charge on any atom is -0.466 e. The summed E-state index contributed by atoms with van der Waals surface area (Å²) in [5.74, 6) is -0.0428. The number of allylic oxidation sites excluding steroid dienone is 1. The van der Waals surface area contributed by atoms with E-state index in [4.69, 9.17) is 4.74 Å². The van der Waals surface area contributed by atoms with Crippen molar-refractivity contribution in [3.05, 3.63) is 12.2 Å². The average molecular weight is 1040 g/mol. The van der Waals surface area contributed by atoms with Gasteiger partial charge in [-0.1, -0.05) is 353 Å². The van der Waals surface area contributed by atoms with Crippen molar-refractivity contribution in [1.29, 1.82) is 0 Å². The number of rotatable bonds is 64. The number of nitrogens with one attached hydrogen (secondary N) is 1. The van der Waals surface area contributed by atoms with Crippen LogP contribution in [0, 0.1) is 0 Å². The first-order chi connectivity index (χ1) is 36.5. The third-order valence-corrected chi connectivity index (χ3v) is 16.1. The van der Waals surface area contributed by atoms with E-state index < -0.39 is 12.1 Å². The molecule has 0 aromatic heterocycles. The molecular weight excluding hydrogens is 911 g/mol. The first-order valence-corrected chi connectivity index (χ1v) is 34.0. The van der Waals surface area contributed by atoms with Crippen LogP contribution in [-0.2, 0) is 14.3 Å². The van der Waals surface area contributed by atoms with Gasteiger partial charge in [0.05, 0.1) is 25.4 Å². The number of hydrogen-bond acceptors (Lipinski definition) is 5. The number of carbonyl (C=O) groups is 2. The largest absolute Gasteiger partial charge is 0.466 e. The molecule has 0 radical (unpaired) electrons. The number of unbranched alkanes of at least 4 members (excludes halogenated alkanes) is 53. The predicted octanol–water partition coefficient (Wildman–Crippen LogP) is 21.6. The zero-order valence-corrected chi connectivity index (χ0v) is 50.4. The molecule has 0 bridgehead atoms. The Labute approximate surface area is 463 Å². The minimum atomic E-state index is -0.842. The van der Waals surface area contributed by atoms with E-state index in [1.807, 2.05) is 6.08 Å². The molecular formula is C68H133NO5. The van der Waals surface area contributed by atoms with Crippen molar-refractivity contribution in [2.75, 3.05) is 13.2 Å². The van der Waals surface area contributed by atoms with Gasteiger partial charge in [-0.15, -0.1) is 0 Å². The lowest BCUT2D eigenvalue weighted by atomic mass is 10.0. The molecule has 0 aromatic rings. The van der Waals surface area contributed by atoms with Crippen LogP contribution in [0.4, 0.5) is 0 Å². The number of amides is 1. The second kappa shape index (κ2) is 64.1. The van der Waals surface area contributed by atoms with Crippen molar-refractivity contribution in [1.82, 2.24) is 5.32 Å². The lowest BCUT2D eigenvalue weighted by Gasteiger charge is -2.20. The third-order valence-electron chi connectivity index (χ3n) is 16.1. The third kappa shape index (κ3) is 59.8. The van der Waals surface area contributed by atoms with E-state index in [1.165, 1.54) is 321 Å². The maximum Gasteiger partial charge on any atom is 0.305 e. The summed E-state index contributed by atoms with van der Waals surface area (Å²) in [7, 11) is 0. The molecule has 6 nitrogen and oxygen atoms in total. The van der Waals surface area contributed by atoms with Crippen LogP contribution < -0.4 is 5.32 Å². The number of aliphatic hydroxyl groups excluding tert-OH is 2. The smallest absolute Gasteiger partial charge is 0.305 e. The molecule has 2 unspecified atom stereocenters. The molecule has 74 heavy (non-hydrogen) atoms. The lowest BCUT2D eigenvalue weighted by molar-refractivity contribution is -0.143. The first kappa shape index (κ1) is 72.6. The molecule has 3 N–H and O–H groups in total. The molecule has 0 aromatic carbocycles. The molecule has 0 rings (SSSR count). The summed E-state index contributed by atoms with van der Waals surface area (Å²) in [6.45, 7) is 4.94. The highest BCUT2D eigenvalue weighted by molar-refractivity contribution is 5.76. The first-order valence-electron chi connectivity index (χ1n) is 34.0. The molecule has 2 atom stereocenters. The van der Waals surface area contributed by atoms with Crippen LogP contribution in [-0.4, -0.2) is 47.4 Å². The van der Waals surface area contributed by atoms with Crippen LogP contribution in [0.1, 0.15) is 386 Å². The van der Waals surface area contributed by atoms with Crippen molar-refractivity contribution in [3.8, 4) is 0 Å². The number of aliphatic hydroxyl groups is 2. The molecule has 0 saturated heterocycles. The maximum absolute atomic E-state index is 12.5. The van der Waals surface area contributed by atoms with Gasteiger partial charge in [0.25, 0.3) is 0 Å². The predicted molar refractivity (Wildman–Crippen MR) is 324 cm³/mol. The Morgan fingerprint density at radius 3 is 0.919 bits per heavy atom. The molecule has 0 saturated carbocycles. The Balaban J connectivity index is 3.36. The second-order valence-electron chi connectivity index (χ2n) is 23.5. The Bertz CT molecular complexity index is 1110. The highest BCUT2D eigenvalue weighted by atomic mass is 16.5. The van der Waals surface area contributed by atoms with Gasteiger partial charge in [0.2, 0.25) is 5.91 Å². The lowest BCUT2D eigenvalue weighted by Crippen LogP contribution is -2.45. The molecule has 1 amide bonds. The summed E-state index contributed by atoms with van der Waals surface area (Å²) < 4.78 is 5.50. The fourth-order valence-corrected chi connectivity index (χ4v) is 10.9. The van der Waals surface area contributed by atoms with Crippen molar-refractivity contribution < 1.29 is 24.5 Å².